The fourth-order valence-corrected chi connectivity index (χ4v) is 2.16. The zero-order chi connectivity index (χ0) is 13.1. The number of rotatable bonds is 4. The number of aromatic nitrogens is 3. The van der Waals surface area contributed by atoms with Gasteiger partial charge in [0, 0.05) is 6.42 Å². The minimum atomic E-state index is -0.957. The Morgan fingerprint density at radius 3 is 2.61 bits per heavy atom. The van der Waals surface area contributed by atoms with Crippen LogP contribution in [0, 0.1) is 0 Å². The van der Waals surface area contributed by atoms with Crippen LogP contribution in [0.15, 0.2) is 24.3 Å². The largest absolute Gasteiger partial charge is 0.478 e. The summed E-state index contributed by atoms with van der Waals surface area (Å²) in [6.45, 7) is 1.96. The van der Waals surface area contributed by atoms with Gasteiger partial charge >= 0.3 is 5.97 Å². The van der Waals surface area contributed by atoms with Crippen LogP contribution >= 0.6 is 15.9 Å². The minimum Gasteiger partial charge on any atom is -0.478 e. The summed E-state index contributed by atoms with van der Waals surface area (Å²) in [5.74, 6) is 0.487. The molecular weight excluding hydrogens is 298 g/mol. The minimum absolute atomic E-state index is 0.245. The molecule has 0 radical (unpaired) electrons. The molecular formula is C12H12BrN3O2. The van der Waals surface area contributed by atoms with Gasteiger partial charge in [0.2, 0.25) is 0 Å². The number of carboxylic acid groups (broad SMARTS) is 1. The second-order valence-electron chi connectivity index (χ2n) is 3.68. The van der Waals surface area contributed by atoms with E-state index in [2.05, 4.69) is 26.1 Å². The maximum absolute atomic E-state index is 11.3. The van der Waals surface area contributed by atoms with Gasteiger partial charge in [-0.15, -0.1) is 10.2 Å². The molecule has 18 heavy (non-hydrogen) atoms. The summed E-state index contributed by atoms with van der Waals surface area (Å²) in [7, 11) is 0. The van der Waals surface area contributed by atoms with Gasteiger partial charge in [0.15, 0.2) is 0 Å². The van der Waals surface area contributed by atoms with Crippen LogP contribution in [-0.2, 0) is 11.8 Å². The molecule has 1 heterocycles. The predicted molar refractivity (Wildman–Crippen MR) is 70.3 cm³/mol. The second-order valence-corrected chi connectivity index (χ2v) is 4.24. The van der Waals surface area contributed by atoms with Gasteiger partial charge in [0.25, 0.3) is 0 Å². The van der Waals surface area contributed by atoms with Gasteiger partial charge in [-0.25, -0.2) is 4.79 Å². The highest BCUT2D eigenvalue weighted by Gasteiger charge is 2.17. The number of hydrogen-bond donors (Lipinski definition) is 1. The highest BCUT2D eigenvalue weighted by molar-refractivity contribution is 9.08. The summed E-state index contributed by atoms with van der Waals surface area (Å²) in [6, 6.07) is 6.85. The van der Waals surface area contributed by atoms with E-state index in [1.807, 2.05) is 6.92 Å². The molecule has 0 saturated carbocycles. The highest BCUT2D eigenvalue weighted by atomic mass is 79.9. The number of carbonyl (C=O) groups is 1. The first-order valence-corrected chi connectivity index (χ1v) is 6.63. The molecule has 0 saturated heterocycles. The van der Waals surface area contributed by atoms with Gasteiger partial charge in [-0.05, 0) is 12.1 Å². The number of hydrogen-bond acceptors (Lipinski definition) is 3. The van der Waals surface area contributed by atoms with Gasteiger partial charge in [-0.1, -0.05) is 35.0 Å². The maximum atomic E-state index is 11.3. The quantitative estimate of drug-likeness (QED) is 0.881. The highest BCUT2D eigenvalue weighted by Crippen LogP contribution is 2.19. The molecule has 0 amide bonds. The average Bonchev–Trinajstić information content (AvgIpc) is 2.81. The molecule has 0 aliphatic carbocycles. The maximum Gasteiger partial charge on any atom is 0.337 e. The van der Waals surface area contributed by atoms with Crippen molar-refractivity contribution in [1.29, 1.82) is 0 Å². The van der Waals surface area contributed by atoms with Crippen LogP contribution in [0.25, 0.3) is 5.69 Å². The monoisotopic (exact) mass is 309 g/mol. The third-order valence-electron chi connectivity index (χ3n) is 2.61. The summed E-state index contributed by atoms with van der Waals surface area (Å²) in [5.41, 5.74) is 0.843. The molecule has 1 aromatic heterocycles. The van der Waals surface area contributed by atoms with Crippen molar-refractivity contribution in [3.05, 3.63) is 41.5 Å². The molecule has 0 aliphatic rings. The zero-order valence-corrected chi connectivity index (χ0v) is 11.4. The van der Waals surface area contributed by atoms with Gasteiger partial charge in [0.05, 0.1) is 16.6 Å². The van der Waals surface area contributed by atoms with E-state index >= 15 is 0 Å². The molecule has 1 N–H and O–H groups in total. The zero-order valence-electron chi connectivity index (χ0n) is 9.80. The number of aromatic carboxylic acids is 1. The molecule has 2 aromatic rings. The Balaban J connectivity index is 2.68. The number of alkyl halides is 1. The smallest absolute Gasteiger partial charge is 0.337 e. The average molecular weight is 310 g/mol. The lowest BCUT2D eigenvalue weighted by Crippen LogP contribution is -2.10. The number of para-hydroxylation sites is 1. The molecule has 0 atom stereocenters. The molecule has 0 aliphatic heterocycles. The molecule has 0 unspecified atom stereocenters. The van der Waals surface area contributed by atoms with E-state index in [1.54, 1.807) is 28.8 Å². The van der Waals surface area contributed by atoms with Crippen molar-refractivity contribution in [2.75, 3.05) is 0 Å². The van der Waals surface area contributed by atoms with Crippen LogP contribution in [0.2, 0.25) is 0 Å². The lowest BCUT2D eigenvalue weighted by Gasteiger charge is -2.11. The Morgan fingerprint density at radius 2 is 2.00 bits per heavy atom. The Labute approximate surface area is 113 Å². The third kappa shape index (κ3) is 2.15. The number of carboxylic acids is 1. The summed E-state index contributed by atoms with van der Waals surface area (Å²) in [4.78, 5) is 11.3. The van der Waals surface area contributed by atoms with Crippen LogP contribution < -0.4 is 0 Å². The SMILES string of the molecule is CCc1nnc(CBr)n1-c1ccccc1C(=O)O. The normalized spacial score (nSPS) is 10.6. The van der Waals surface area contributed by atoms with Crippen LogP contribution in [0.1, 0.15) is 28.9 Å². The Bertz CT molecular complexity index is 559. The standard InChI is InChI=1S/C12H12BrN3O2/c1-2-10-14-15-11(7-13)16(10)9-6-4-3-5-8(9)12(17)18/h3-6H,2,7H2,1H3,(H,17,18). The van der Waals surface area contributed by atoms with E-state index in [1.165, 1.54) is 0 Å². The van der Waals surface area contributed by atoms with Gasteiger partial charge in [-0.2, -0.15) is 0 Å². The number of aryl methyl sites for hydroxylation is 1. The van der Waals surface area contributed by atoms with Crippen LogP contribution in [0.4, 0.5) is 0 Å². The van der Waals surface area contributed by atoms with Crippen LogP contribution in [0.3, 0.4) is 0 Å². The Morgan fingerprint density at radius 1 is 1.33 bits per heavy atom. The summed E-state index contributed by atoms with van der Waals surface area (Å²) in [5, 5.41) is 17.9. The molecule has 0 spiro atoms. The van der Waals surface area contributed by atoms with Crippen molar-refractivity contribution in [1.82, 2.24) is 14.8 Å². The summed E-state index contributed by atoms with van der Waals surface area (Å²) >= 11 is 3.34. The van der Waals surface area contributed by atoms with Gasteiger partial charge < -0.3 is 5.11 Å². The number of nitrogens with zero attached hydrogens (tertiary/aromatic N) is 3. The predicted octanol–water partition coefficient (Wildman–Crippen LogP) is 2.42. The Hall–Kier alpha value is -1.69. The van der Waals surface area contributed by atoms with E-state index in [0.29, 0.717) is 23.3 Å². The second kappa shape index (κ2) is 5.30. The molecule has 94 valence electrons. The van der Waals surface area contributed by atoms with Crippen LogP contribution in [0.5, 0.6) is 0 Å². The molecule has 0 fully saturated rings. The first-order chi connectivity index (χ1) is 8.69. The van der Waals surface area contributed by atoms with Gasteiger partial charge in [-0.3, -0.25) is 4.57 Å². The number of benzene rings is 1. The molecule has 0 bridgehead atoms. The molecule has 5 nitrogen and oxygen atoms in total. The summed E-state index contributed by atoms with van der Waals surface area (Å²) < 4.78 is 1.79. The van der Waals surface area contributed by atoms with Gasteiger partial charge in [0.1, 0.15) is 11.6 Å². The van der Waals surface area contributed by atoms with E-state index in [0.717, 1.165) is 5.82 Å². The van der Waals surface area contributed by atoms with Crippen molar-refractivity contribution in [2.45, 2.75) is 18.7 Å². The molecule has 6 heteroatoms. The first-order valence-electron chi connectivity index (χ1n) is 5.50. The van der Waals surface area contributed by atoms with Crippen molar-refractivity contribution < 1.29 is 9.90 Å². The first kappa shape index (κ1) is 12.8. The van der Waals surface area contributed by atoms with E-state index in [9.17, 15) is 9.90 Å². The number of halogens is 1. The molecule has 1 aromatic carbocycles. The lowest BCUT2D eigenvalue weighted by atomic mass is 10.1. The fraction of sp³-hybridized carbons (Fsp3) is 0.250. The third-order valence-corrected chi connectivity index (χ3v) is 3.11. The van der Waals surface area contributed by atoms with Crippen molar-refractivity contribution in [3.8, 4) is 5.69 Å². The van der Waals surface area contributed by atoms with E-state index in [4.69, 9.17) is 0 Å². The Kier molecular flexibility index (Phi) is 3.76. The van der Waals surface area contributed by atoms with Crippen molar-refractivity contribution >= 4 is 21.9 Å². The fourth-order valence-electron chi connectivity index (χ4n) is 1.80. The summed E-state index contributed by atoms with van der Waals surface area (Å²) in [6.07, 6.45) is 0.688. The lowest BCUT2D eigenvalue weighted by molar-refractivity contribution is 0.0697. The van der Waals surface area contributed by atoms with Crippen molar-refractivity contribution in [3.63, 3.8) is 0 Å². The van der Waals surface area contributed by atoms with Crippen molar-refractivity contribution in [2.24, 2.45) is 0 Å². The molecule has 2 rings (SSSR count). The van der Waals surface area contributed by atoms with E-state index < -0.39 is 5.97 Å². The topological polar surface area (TPSA) is 68.0 Å². The van der Waals surface area contributed by atoms with Crippen LogP contribution in [-0.4, -0.2) is 25.8 Å². The van der Waals surface area contributed by atoms with E-state index in [-0.39, 0.29) is 5.56 Å².